The number of hydrogen-bond acceptors (Lipinski definition) is 3. The van der Waals surface area contributed by atoms with Gasteiger partial charge in [-0.05, 0) is 13.6 Å². The van der Waals surface area contributed by atoms with Crippen LogP contribution in [-0.2, 0) is 9.59 Å². The fourth-order valence-electron chi connectivity index (χ4n) is 1.73. The number of carbonyl (C=O) groups is 2. The Morgan fingerprint density at radius 2 is 1.92 bits per heavy atom. The van der Waals surface area contributed by atoms with Crippen LogP contribution in [0.2, 0.25) is 0 Å². The number of likely N-dealkylation sites (tertiary alicyclic amines) is 1. The van der Waals surface area contributed by atoms with Crippen LogP contribution < -0.4 is 0 Å². The zero-order valence-electron chi connectivity index (χ0n) is 8.57. The molecule has 4 nitrogen and oxygen atoms in total. The highest BCUT2D eigenvalue weighted by atomic mass is 16.2. The molecule has 0 saturated carbocycles. The van der Waals surface area contributed by atoms with E-state index in [9.17, 15) is 9.59 Å². The van der Waals surface area contributed by atoms with Crippen molar-refractivity contribution in [2.24, 2.45) is 5.92 Å². The van der Waals surface area contributed by atoms with Crippen molar-refractivity contribution in [3.05, 3.63) is 0 Å². The summed E-state index contributed by atoms with van der Waals surface area (Å²) in [7, 11) is 3.41. The van der Waals surface area contributed by atoms with Crippen LogP contribution in [0, 0.1) is 5.92 Å². The van der Waals surface area contributed by atoms with E-state index < -0.39 is 0 Å². The van der Waals surface area contributed by atoms with Crippen molar-refractivity contribution in [1.29, 1.82) is 0 Å². The lowest BCUT2D eigenvalue weighted by molar-refractivity contribution is -0.138. The highest BCUT2D eigenvalue weighted by Gasteiger charge is 2.44. The molecular weight excluding hydrogens is 168 g/mol. The third-order valence-corrected chi connectivity index (χ3v) is 2.75. The number of rotatable bonds is 2. The second-order valence-corrected chi connectivity index (χ2v) is 3.54. The molecule has 1 aliphatic rings. The van der Waals surface area contributed by atoms with Gasteiger partial charge >= 0.3 is 0 Å². The molecule has 0 aromatic heterocycles. The van der Waals surface area contributed by atoms with Crippen LogP contribution in [0.3, 0.4) is 0 Å². The highest BCUT2D eigenvalue weighted by molar-refractivity contribution is 6.06. The first-order valence-electron chi connectivity index (χ1n) is 4.52. The summed E-state index contributed by atoms with van der Waals surface area (Å²) in [5.74, 6) is -0.361. The fourth-order valence-corrected chi connectivity index (χ4v) is 1.73. The second-order valence-electron chi connectivity index (χ2n) is 3.54. The number of hydrogen-bond donors (Lipinski definition) is 0. The van der Waals surface area contributed by atoms with Crippen LogP contribution >= 0.6 is 0 Å². The molecule has 1 rings (SSSR count). The van der Waals surface area contributed by atoms with Crippen molar-refractivity contribution in [2.75, 3.05) is 20.6 Å². The molecule has 2 unspecified atom stereocenters. The fraction of sp³-hybridized carbons (Fsp3) is 0.778. The molecular formula is C9H16N2O2. The summed E-state index contributed by atoms with van der Waals surface area (Å²) < 4.78 is 0. The molecule has 4 heteroatoms. The summed E-state index contributed by atoms with van der Waals surface area (Å²) >= 11 is 0. The summed E-state index contributed by atoms with van der Waals surface area (Å²) in [4.78, 5) is 26.1. The molecule has 13 heavy (non-hydrogen) atoms. The van der Waals surface area contributed by atoms with Gasteiger partial charge in [-0.15, -0.1) is 0 Å². The van der Waals surface area contributed by atoms with Crippen molar-refractivity contribution in [2.45, 2.75) is 19.9 Å². The number of imide groups is 1. The third-order valence-electron chi connectivity index (χ3n) is 2.75. The molecule has 0 N–H and O–H groups in total. The standard InChI is InChI=1S/C9H16N2O2/c1-5-10(3)7-6(2)8(12)11(4)9(7)13/h6-7H,5H2,1-4H3. The molecule has 0 aromatic carbocycles. The molecule has 2 amide bonds. The first-order valence-corrected chi connectivity index (χ1v) is 4.52. The molecule has 1 aliphatic heterocycles. The number of amides is 2. The monoisotopic (exact) mass is 184 g/mol. The lowest BCUT2D eigenvalue weighted by Gasteiger charge is -2.22. The van der Waals surface area contributed by atoms with E-state index in [2.05, 4.69) is 0 Å². The van der Waals surface area contributed by atoms with Crippen LogP contribution in [0.5, 0.6) is 0 Å². The lowest BCUT2D eigenvalue weighted by Crippen LogP contribution is -2.40. The van der Waals surface area contributed by atoms with Gasteiger partial charge in [0.2, 0.25) is 11.8 Å². The van der Waals surface area contributed by atoms with E-state index in [4.69, 9.17) is 0 Å². The first kappa shape index (κ1) is 10.2. The quantitative estimate of drug-likeness (QED) is 0.565. The molecule has 0 aliphatic carbocycles. The largest absolute Gasteiger partial charge is 0.295 e. The van der Waals surface area contributed by atoms with Gasteiger partial charge in [-0.25, -0.2) is 0 Å². The average molecular weight is 184 g/mol. The molecule has 0 radical (unpaired) electrons. The number of likely N-dealkylation sites (N-methyl/N-ethyl adjacent to an activating group) is 2. The molecule has 1 saturated heterocycles. The van der Waals surface area contributed by atoms with E-state index >= 15 is 0 Å². The predicted molar refractivity (Wildman–Crippen MR) is 49.0 cm³/mol. The summed E-state index contributed by atoms with van der Waals surface area (Å²) in [5, 5.41) is 0. The van der Waals surface area contributed by atoms with E-state index in [0.717, 1.165) is 6.54 Å². The molecule has 0 aromatic rings. The Hall–Kier alpha value is -0.900. The minimum atomic E-state index is -0.262. The Labute approximate surface area is 78.5 Å². The van der Waals surface area contributed by atoms with Crippen molar-refractivity contribution in [3.8, 4) is 0 Å². The summed E-state index contributed by atoms with van der Waals surface area (Å²) in [6.45, 7) is 4.56. The minimum Gasteiger partial charge on any atom is -0.295 e. The zero-order chi connectivity index (χ0) is 10.2. The second kappa shape index (κ2) is 3.46. The van der Waals surface area contributed by atoms with Crippen LogP contribution in [0.25, 0.3) is 0 Å². The number of carbonyl (C=O) groups excluding carboxylic acids is 2. The Kier molecular flexibility index (Phi) is 2.71. The maximum absolute atomic E-state index is 11.6. The predicted octanol–water partition coefficient (Wildman–Crippen LogP) is -0.0586. The van der Waals surface area contributed by atoms with Gasteiger partial charge in [0, 0.05) is 7.05 Å². The third kappa shape index (κ3) is 1.46. The van der Waals surface area contributed by atoms with Crippen molar-refractivity contribution in [1.82, 2.24) is 9.80 Å². The van der Waals surface area contributed by atoms with E-state index in [-0.39, 0.29) is 23.8 Å². The van der Waals surface area contributed by atoms with Crippen LogP contribution in [0.15, 0.2) is 0 Å². The summed E-state index contributed by atoms with van der Waals surface area (Å²) in [6.07, 6.45) is 0. The van der Waals surface area contributed by atoms with Crippen molar-refractivity contribution in [3.63, 3.8) is 0 Å². The Balaban J connectivity index is 2.87. The molecule has 2 atom stereocenters. The normalized spacial score (nSPS) is 29.2. The first-order chi connectivity index (χ1) is 6.00. The van der Waals surface area contributed by atoms with E-state index in [1.165, 1.54) is 4.90 Å². The molecule has 0 bridgehead atoms. The highest BCUT2D eigenvalue weighted by Crippen LogP contribution is 2.21. The summed E-state index contributed by atoms with van der Waals surface area (Å²) in [5.41, 5.74) is 0. The van der Waals surface area contributed by atoms with Gasteiger partial charge < -0.3 is 0 Å². The van der Waals surface area contributed by atoms with Crippen molar-refractivity contribution < 1.29 is 9.59 Å². The molecule has 74 valence electrons. The Bertz CT molecular complexity index is 240. The topological polar surface area (TPSA) is 40.6 Å². The maximum atomic E-state index is 11.6. The van der Waals surface area contributed by atoms with Gasteiger partial charge in [0.25, 0.3) is 0 Å². The van der Waals surface area contributed by atoms with E-state index in [1.807, 2.05) is 18.9 Å². The van der Waals surface area contributed by atoms with Gasteiger partial charge in [0.1, 0.15) is 6.04 Å². The smallest absolute Gasteiger partial charge is 0.247 e. The lowest BCUT2D eigenvalue weighted by atomic mass is 10.0. The minimum absolute atomic E-state index is 0.0738. The molecule has 0 spiro atoms. The van der Waals surface area contributed by atoms with Crippen molar-refractivity contribution >= 4 is 11.8 Å². The van der Waals surface area contributed by atoms with Crippen LogP contribution in [0.4, 0.5) is 0 Å². The summed E-state index contributed by atoms with van der Waals surface area (Å²) in [6, 6.07) is -0.262. The van der Waals surface area contributed by atoms with Crippen LogP contribution in [0.1, 0.15) is 13.8 Å². The Morgan fingerprint density at radius 3 is 2.23 bits per heavy atom. The van der Waals surface area contributed by atoms with Crippen LogP contribution in [-0.4, -0.2) is 48.3 Å². The van der Waals surface area contributed by atoms with Gasteiger partial charge in [0.05, 0.1) is 5.92 Å². The van der Waals surface area contributed by atoms with E-state index in [1.54, 1.807) is 14.0 Å². The SMILES string of the molecule is CCN(C)C1C(=O)N(C)C(=O)C1C. The van der Waals surface area contributed by atoms with Gasteiger partial charge in [-0.1, -0.05) is 13.8 Å². The molecule has 1 fully saturated rings. The van der Waals surface area contributed by atoms with Gasteiger partial charge in [-0.2, -0.15) is 0 Å². The maximum Gasteiger partial charge on any atom is 0.247 e. The Morgan fingerprint density at radius 1 is 1.38 bits per heavy atom. The average Bonchev–Trinajstić information content (AvgIpc) is 2.30. The van der Waals surface area contributed by atoms with E-state index in [0.29, 0.717) is 0 Å². The van der Waals surface area contributed by atoms with Gasteiger partial charge in [-0.3, -0.25) is 19.4 Å². The zero-order valence-corrected chi connectivity index (χ0v) is 8.57. The number of nitrogens with zero attached hydrogens (tertiary/aromatic N) is 2. The van der Waals surface area contributed by atoms with Gasteiger partial charge in [0.15, 0.2) is 0 Å². The molecule has 1 heterocycles.